The SMILES string of the molecule is C.Cc1cc(C)c(N2C=[N+](c3c(C)cc(C)cc3C)CC2)c(C)c1. The molecule has 0 aliphatic carbocycles. The van der Waals surface area contributed by atoms with Crippen molar-refractivity contribution in [2.45, 2.75) is 49.0 Å². The molecule has 3 rings (SSSR count). The minimum Gasteiger partial charge on any atom is -0.229 e. The number of nitrogens with zero attached hydrogens (tertiary/aromatic N) is 2. The zero-order valence-corrected chi connectivity index (χ0v) is 15.2. The highest BCUT2D eigenvalue weighted by atomic mass is 15.3. The molecular formula is C22H31N2+. The Morgan fingerprint density at radius 1 is 0.750 bits per heavy atom. The van der Waals surface area contributed by atoms with Crippen molar-refractivity contribution in [3.05, 3.63) is 57.6 Å². The predicted molar refractivity (Wildman–Crippen MR) is 106 cm³/mol. The summed E-state index contributed by atoms with van der Waals surface area (Å²) in [5, 5.41) is 0. The lowest BCUT2D eigenvalue weighted by atomic mass is 10.0. The van der Waals surface area contributed by atoms with Crippen LogP contribution in [0, 0.1) is 41.5 Å². The van der Waals surface area contributed by atoms with Gasteiger partial charge >= 0.3 is 0 Å². The third-order valence-electron chi connectivity index (χ3n) is 4.71. The van der Waals surface area contributed by atoms with Crippen LogP contribution in [0.15, 0.2) is 24.3 Å². The van der Waals surface area contributed by atoms with E-state index < -0.39 is 0 Å². The minimum absolute atomic E-state index is 0. The average molecular weight is 324 g/mol. The summed E-state index contributed by atoms with van der Waals surface area (Å²) in [6.07, 6.45) is 2.29. The molecule has 0 spiro atoms. The van der Waals surface area contributed by atoms with Crippen molar-refractivity contribution in [1.82, 2.24) is 0 Å². The van der Waals surface area contributed by atoms with Crippen molar-refractivity contribution in [3.8, 4) is 0 Å². The van der Waals surface area contributed by atoms with Crippen LogP contribution in [0.25, 0.3) is 0 Å². The number of aryl methyl sites for hydroxylation is 6. The summed E-state index contributed by atoms with van der Waals surface area (Å²) in [6, 6.07) is 9.12. The van der Waals surface area contributed by atoms with Gasteiger partial charge in [-0.3, -0.25) is 0 Å². The second-order valence-corrected chi connectivity index (χ2v) is 7.00. The van der Waals surface area contributed by atoms with Crippen molar-refractivity contribution in [1.29, 1.82) is 0 Å². The van der Waals surface area contributed by atoms with Gasteiger partial charge in [-0.2, -0.15) is 0 Å². The van der Waals surface area contributed by atoms with E-state index in [1.165, 1.54) is 44.8 Å². The first kappa shape index (κ1) is 18.3. The number of anilines is 1. The zero-order chi connectivity index (χ0) is 16.7. The molecule has 0 unspecified atom stereocenters. The maximum Gasteiger partial charge on any atom is 0.244 e. The first-order chi connectivity index (χ1) is 10.9. The quantitative estimate of drug-likeness (QED) is 0.674. The molecule has 0 N–H and O–H groups in total. The van der Waals surface area contributed by atoms with Gasteiger partial charge in [-0.15, -0.1) is 0 Å². The lowest BCUT2D eigenvalue weighted by Crippen LogP contribution is -2.20. The Bertz CT molecular complexity index is 754. The predicted octanol–water partition coefficient (Wildman–Crippen LogP) is 5.37. The molecule has 0 fully saturated rings. The normalized spacial score (nSPS) is 13.8. The fourth-order valence-corrected chi connectivity index (χ4v) is 4.09. The van der Waals surface area contributed by atoms with Crippen molar-refractivity contribution in [2.24, 2.45) is 0 Å². The molecule has 1 aliphatic heterocycles. The fraction of sp³-hybridized carbons (Fsp3) is 0.409. The van der Waals surface area contributed by atoms with Crippen molar-refractivity contribution in [2.75, 3.05) is 18.0 Å². The summed E-state index contributed by atoms with van der Waals surface area (Å²) >= 11 is 0. The standard InChI is InChI=1S/C21H27N2.CH4/c1-14-9-16(3)20(17(4)10-14)22-7-8-23(13-22)21-18(5)11-15(2)12-19(21)6;/h9-13H,7-8H2,1-6H3;1H4/q+1;. The van der Waals surface area contributed by atoms with Crippen molar-refractivity contribution in [3.63, 3.8) is 0 Å². The van der Waals surface area contributed by atoms with Crippen LogP contribution in [0.2, 0.25) is 0 Å². The first-order valence-corrected chi connectivity index (χ1v) is 8.41. The van der Waals surface area contributed by atoms with Gasteiger partial charge in [0.1, 0.15) is 24.5 Å². The van der Waals surface area contributed by atoms with Gasteiger partial charge in [0.2, 0.25) is 6.34 Å². The molecule has 1 aliphatic rings. The molecule has 0 atom stereocenters. The highest BCUT2D eigenvalue weighted by Gasteiger charge is 2.27. The Labute approximate surface area is 147 Å². The van der Waals surface area contributed by atoms with E-state index in [2.05, 4.69) is 81.6 Å². The number of hydrogen-bond donors (Lipinski definition) is 0. The Hall–Kier alpha value is -2.09. The Balaban J connectivity index is 0.00000208. The highest BCUT2D eigenvalue weighted by Crippen LogP contribution is 2.30. The summed E-state index contributed by atoms with van der Waals surface area (Å²) in [5.74, 6) is 0. The van der Waals surface area contributed by atoms with Crippen LogP contribution in [0.5, 0.6) is 0 Å². The summed E-state index contributed by atoms with van der Waals surface area (Å²) in [7, 11) is 0. The van der Waals surface area contributed by atoms with Gasteiger partial charge in [0.25, 0.3) is 0 Å². The van der Waals surface area contributed by atoms with Crippen molar-refractivity contribution >= 4 is 17.7 Å². The molecule has 0 bridgehead atoms. The van der Waals surface area contributed by atoms with Crippen LogP contribution in [-0.2, 0) is 0 Å². The second kappa shape index (κ2) is 6.80. The number of benzene rings is 2. The molecule has 2 aromatic rings. The minimum atomic E-state index is 0. The number of rotatable bonds is 2. The average Bonchev–Trinajstić information content (AvgIpc) is 2.85. The van der Waals surface area contributed by atoms with Crippen LogP contribution in [-0.4, -0.2) is 24.0 Å². The maximum atomic E-state index is 2.41. The number of hydrogen-bond acceptors (Lipinski definition) is 1. The molecule has 128 valence electrons. The van der Waals surface area contributed by atoms with Crippen molar-refractivity contribution < 1.29 is 4.58 Å². The van der Waals surface area contributed by atoms with Crippen LogP contribution >= 0.6 is 0 Å². The lowest BCUT2D eigenvalue weighted by molar-refractivity contribution is -0.425. The molecular weight excluding hydrogens is 292 g/mol. The third-order valence-corrected chi connectivity index (χ3v) is 4.71. The molecule has 1 heterocycles. The second-order valence-electron chi connectivity index (χ2n) is 7.00. The Morgan fingerprint density at radius 2 is 1.21 bits per heavy atom. The van der Waals surface area contributed by atoms with Gasteiger partial charge in [-0.25, -0.2) is 9.48 Å². The maximum absolute atomic E-state index is 2.41. The Kier molecular flexibility index (Phi) is 5.17. The van der Waals surface area contributed by atoms with E-state index in [0.717, 1.165) is 13.1 Å². The molecule has 2 heteroatoms. The molecule has 0 saturated heterocycles. The van der Waals surface area contributed by atoms with Gasteiger partial charge < -0.3 is 0 Å². The van der Waals surface area contributed by atoms with E-state index in [0.29, 0.717) is 0 Å². The largest absolute Gasteiger partial charge is 0.244 e. The molecule has 0 radical (unpaired) electrons. The summed E-state index contributed by atoms with van der Waals surface area (Å²) in [4.78, 5) is 2.41. The van der Waals surface area contributed by atoms with Crippen LogP contribution in [0.3, 0.4) is 0 Å². The fourth-order valence-electron chi connectivity index (χ4n) is 4.09. The molecule has 0 aromatic heterocycles. The summed E-state index contributed by atoms with van der Waals surface area (Å²) < 4.78 is 2.41. The van der Waals surface area contributed by atoms with Gasteiger partial charge in [-0.1, -0.05) is 42.8 Å². The van der Waals surface area contributed by atoms with E-state index in [9.17, 15) is 0 Å². The van der Waals surface area contributed by atoms with Crippen LogP contribution < -0.4 is 4.90 Å². The molecule has 0 amide bonds. The molecule has 2 nitrogen and oxygen atoms in total. The van der Waals surface area contributed by atoms with Crippen LogP contribution in [0.1, 0.15) is 40.8 Å². The van der Waals surface area contributed by atoms with Gasteiger partial charge in [0, 0.05) is 0 Å². The zero-order valence-electron chi connectivity index (χ0n) is 15.2. The van der Waals surface area contributed by atoms with E-state index in [1.807, 2.05) is 0 Å². The van der Waals surface area contributed by atoms with Gasteiger partial charge in [0.05, 0.1) is 0 Å². The topological polar surface area (TPSA) is 6.25 Å². The van der Waals surface area contributed by atoms with E-state index in [1.54, 1.807) is 0 Å². The van der Waals surface area contributed by atoms with Crippen LogP contribution in [0.4, 0.5) is 11.4 Å². The van der Waals surface area contributed by atoms with E-state index in [4.69, 9.17) is 0 Å². The highest BCUT2D eigenvalue weighted by molar-refractivity contribution is 5.82. The molecule has 2 aromatic carbocycles. The van der Waals surface area contributed by atoms with Gasteiger partial charge in [-0.05, 0) is 63.8 Å². The van der Waals surface area contributed by atoms with Gasteiger partial charge in [0.15, 0.2) is 0 Å². The molecule has 24 heavy (non-hydrogen) atoms. The first-order valence-electron chi connectivity index (χ1n) is 8.41. The third kappa shape index (κ3) is 3.24. The summed E-state index contributed by atoms with van der Waals surface area (Å²) in [6.45, 7) is 15.3. The molecule has 0 saturated carbocycles. The monoisotopic (exact) mass is 323 g/mol. The smallest absolute Gasteiger partial charge is 0.229 e. The summed E-state index contributed by atoms with van der Waals surface area (Å²) in [5.41, 5.74) is 10.8. The van der Waals surface area contributed by atoms with E-state index >= 15 is 0 Å². The lowest BCUT2D eigenvalue weighted by Gasteiger charge is -2.13. The van der Waals surface area contributed by atoms with E-state index in [-0.39, 0.29) is 7.43 Å². The Morgan fingerprint density at radius 3 is 1.71 bits per heavy atom.